The van der Waals surface area contributed by atoms with Gasteiger partial charge in [0.05, 0.1) is 27.8 Å². The summed E-state index contributed by atoms with van der Waals surface area (Å²) in [7, 11) is 0. The second-order valence-corrected chi connectivity index (χ2v) is 15.8. The van der Waals surface area contributed by atoms with Crippen LogP contribution in [0.15, 0.2) is 241 Å². The highest BCUT2D eigenvalue weighted by atomic mass is 15.0. The molecule has 0 bridgehead atoms. The van der Waals surface area contributed by atoms with Crippen LogP contribution in [0.3, 0.4) is 0 Å². The Labute approximate surface area is 366 Å². The molecule has 0 atom stereocenters. The number of para-hydroxylation sites is 3. The molecule has 0 unspecified atom stereocenters. The number of hydrogen-bond donors (Lipinski definition) is 0. The van der Waals surface area contributed by atoms with Crippen LogP contribution in [0.2, 0.25) is 0 Å². The van der Waals surface area contributed by atoms with Crippen molar-refractivity contribution in [1.82, 2.24) is 9.13 Å². The average molecular weight is 807 g/mol. The third kappa shape index (κ3) is 6.94. The minimum absolute atomic E-state index is 0.590. The van der Waals surface area contributed by atoms with Crippen molar-refractivity contribution in [3.05, 3.63) is 247 Å². The average Bonchev–Trinajstić information content (AvgIpc) is 3.88. The fraction of sp³-hybridized carbons (Fsp3) is 0.0169. The van der Waals surface area contributed by atoms with Gasteiger partial charge in [-0.3, -0.25) is 0 Å². The fourth-order valence-corrected chi connectivity index (χ4v) is 9.16. The minimum atomic E-state index is 0.590. The van der Waals surface area contributed by atoms with Crippen LogP contribution in [-0.4, -0.2) is 21.7 Å². The predicted molar refractivity (Wildman–Crippen MR) is 267 cm³/mol. The number of allylic oxidation sites excluding steroid dienone is 1. The molecule has 0 aliphatic heterocycles. The Morgan fingerprint density at radius 3 is 1.79 bits per heavy atom. The molecule has 0 fully saturated rings. The van der Waals surface area contributed by atoms with Gasteiger partial charge < -0.3 is 9.13 Å². The van der Waals surface area contributed by atoms with Gasteiger partial charge in [-0.05, 0) is 95.6 Å². The van der Waals surface area contributed by atoms with Crippen LogP contribution in [-0.2, 0) is 6.42 Å². The van der Waals surface area contributed by atoms with E-state index < -0.39 is 0 Å². The second-order valence-electron chi connectivity index (χ2n) is 15.8. The van der Waals surface area contributed by atoms with Crippen LogP contribution in [0.4, 0.5) is 0 Å². The van der Waals surface area contributed by atoms with E-state index in [1.807, 2.05) is 36.4 Å². The molecule has 0 aliphatic rings. The molecule has 2 aromatic heterocycles. The van der Waals surface area contributed by atoms with Crippen molar-refractivity contribution in [3.8, 4) is 33.6 Å². The van der Waals surface area contributed by atoms with Gasteiger partial charge in [-0.25, -0.2) is 9.98 Å². The molecule has 0 aliphatic carbocycles. The topological polar surface area (TPSA) is 34.6 Å². The van der Waals surface area contributed by atoms with Crippen LogP contribution >= 0.6 is 0 Å². The quantitative estimate of drug-likeness (QED) is 0.103. The summed E-state index contributed by atoms with van der Waals surface area (Å²) in [4.78, 5) is 9.52. The van der Waals surface area contributed by atoms with E-state index in [0.29, 0.717) is 5.84 Å². The van der Waals surface area contributed by atoms with E-state index in [1.165, 1.54) is 54.8 Å². The summed E-state index contributed by atoms with van der Waals surface area (Å²) in [5, 5.41) is 4.92. The second kappa shape index (κ2) is 16.3. The molecule has 0 radical (unpaired) electrons. The number of fused-ring (bicyclic) bond motifs is 6. The Kier molecular flexibility index (Phi) is 9.72. The van der Waals surface area contributed by atoms with Crippen molar-refractivity contribution < 1.29 is 0 Å². The Morgan fingerprint density at radius 2 is 1.00 bits per heavy atom. The lowest BCUT2D eigenvalue weighted by molar-refractivity contribution is 1.18. The van der Waals surface area contributed by atoms with Crippen LogP contribution in [0.5, 0.6) is 0 Å². The molecule has 0 N–H and O–H groups in total. The first kappa shape index (κ1) is 37.6. The van der Waals surface area contributed by atoms with Gasteiger partial charge in [0.1, 0.15) is 0 Å². The highest BCUT2D eigenvalue weighted by Crippen LogP contribution is 2.40. The molecule has 0 saturated carbocycles. The first-order valence-corrected chi connectivity index (χ1v) is 21.4. The van der Waals surface area contributed by atoms with Crippen molar-refractivity contribution in [2.24, 2.45) is 9.98 Å². The smallest absolute Gasteiger partial charge is 0.159 e. The SMILES string of the molecule is C=NC(=N/C(=C\Cc1ccccc1)c1cccc(-c2ccc3c4ccccc4n(-c4cccc(-c5cccc6c5c5ccccc5n6-c5ccccc5)c4)c3c2)c1)c1ccccc1. The van der Waals surface area contributed by atoms with Gasteiger partial charge in [0, 0.05) is 44.0 Å². The highest BCUT2D eigenvalue weighted by Gasteiger charge is 2.18. The van der Waals surface area contributed by atoms with E-state index >= 15 is 0 Å². The van der Waals surface area contributed by atoms with Gasteiger partial charge in [-0.1, -0.05) is 176 Å². The highest BCUT2D eigenvalue weighted by molar-refractivity contribution is 6.16. The van der Waals surface area contributed by atoms with Gasteiger partial charge in [0.25, 0.3) is 0 Å². The van der Waals surface area contributed by atoms with Crippen LogP contribution < -0.4 is 0 Å². The third-order valence-electron chi connectivity index (χ3n) is 12.1. The minimum Gasteiger partial charge on any atom is -0.309 e. The maximum atomic E-state index is 5.15. The van der Waals surface area contributed by atoms with Gasteiger partial charge in [0.2, 0.25) is 0 Å². The summed E-state index contributed by atoms with van der Waals surface area (Å²) in [5.74, 6) is 0.590. The number of hydrogen-bond acceptors (Lipinski definition) is 1. The molecule has 63 heavy (non-hydrogen) atoms. The maximum Gasteiger partial charge on any atom is 0.159 e. The summed E-state index contributed by atoms with van der Waals surface area (Å²) in [6, 6.07) is 79.9. The molecule has 0 spiro atoms. The van der Waals surface area contributed by atoms with Crippen molar-refractivity contribution >= 4 is 61.9 Å². The van der Waals surface area contributed by atoms with Gasteiger partial charge in [-0.15, -0.1) is 0 Å². The van der Waals surface area contributed by atoms with E-state index in [-0.39, 0.29) is 0 Å². The molecule has 9 aromatic carbocycles. The molecule has 298 valence electrons. The molecule has 4 nitrogen and oxygen atoms in total. The summed E-state index contributed by atoms with van der Waals surface area (Å²) < 4.78 is 4.81. The summed E-state index contributed by atoms with van der Waals surface area (Å²) in [6.07, 6.45) is 2.92. The molecule has 2 heterocycles. The zero-order valence-corrected chi connectivity index (χ0v) is 34.6. The molecule has 4 heteroatoms. The first-order valence-electron chi connectivity index (χ1n) is 21.4. The molecule has 0 saturated heterocycles. The Hall–Kier alpha value is -8.34. The normalized spacial score (nSPS) is 12.1. The lowest BCUT2D eigenvalue weighted by atomic mass is 9.98. The van der Waals surface area contributed by atoms with E-state index in [2.05, 4.69) is 215 Å². The molecule has 11 rings (SSSR count). The molecular formula is C59H42N4. The van der Waals surface area contributed by atoms with Crippen LogP contribution in [0.1, 0.15) is 16.7 Å². The molecular weight excluding hydrogens is 765 g/mol. The van der Waals surface area contributed by atoms with E-state index in [0.717, 1.165) is 51.3 Å². The van der Waals surface area contributed by atoms with Gasteiger partial charge >= 0.3 is 0 Å². The van der Waals surface area contributed by atoms with Gasteiger partial charge in [0.15, 0.2) is 5.84 Å². The zero-order valence-electron chi connectivity index (χ0n) is 34.6. The van der Waals surface area contributed by atoms with Crippen molar-refractivity contribution in [2.75, 3.05) is 0 Å². The largest absolute Gasteiger partial charge is 0.309 e. The van der Waals surface area contributed by atoms with E-state index in [4.69, 9.17) is 4.99 Å². The van der Waals surface area contributed by atoms with E-state index in [1.54, 1.807) is 0 Å². The number of nitrogens with zero attached hydrogens (tertiary/aromatic N) is 4. The van der Waals surface area contributed by atoms with Gasteiger partial charge in [-0.2, -0.15) is 0 Å². The number of aromatic nitrogens is 2. The van der Waals surface area contributed by atoms with Crippen LogP contribution in [0, 0.1) is 0 Å². The number of aliphatic imine (C=N–C) groups is 2. The summed E-state index contributed by atoms with van der Waals surface area (Å²) in [6.45, 7) is 3.90. The monoisotopic (exact) mass is 806 g/mol. The number of amidine groups is 1. The Balaban J connectivity index is 1.04. The Bertz CT molecular complexity index is 3540. The third-order valence-corrected chi connectivity index (χ3v) is 12.1. The van der Waals surface area contributed by atoms with Crippen LogP contribution in [0.25, 0.3) is 82.9 Å². The zero-order chi connectivity index (χ0) is 42.1. The number of rotatable bonds is 9. The molecule has 11 aromatic rings. The number of benzene rings is 9. The predicted octanol–water partition coefficient (Wildman–Crippen LogP) is 14.9. The summed E-state index contributed by atoms with van der Waals surface area (Å²) in [5.41, 5.74) is 15.6. The maximum absolute atomic E-state index is 5.15. The Morgan fingerprint density at radius 1 is 0.429 bits per heavy atom. The standard InChI is InChI=1S/C59H42N4/c1-60-59(42-20-7-3-8-21-42)61-53(37-34-41-18-5-2-6-19-41)46-24-15-22-43(38-46)44-35-36-51-50-28-11-13-31-54(50)63(57(51)40-44)48-27-16-23-45(39-48)49-30-17-33-56-58(49)52-29-12-14-32-55(52)62(56)47-25-9-4-10-26-47/h2-33,35-40H,1,34H2/b53-37-,61-59?. The first-order chi connectivity index (χ1) is 31.2. The van der Waals surface area contributed by atoms with E-state index in [9.17, 15) is 0 Å². The molecule has 0 amide bonds. The van der Waals surface area contributed by atoms with Crippen molar-refractivity contribution in [3.63, 3.8) is 0 Å². The lowest BCUT2D eigenvalue weighted by Crippen LogP contribution is -1.98. The van der Waals surface area contributed by atoms with Crippen molar-refractivity contribution in [2.45, 2.75) is 6.42 Å². The summed E-state index contributed by atoms with van der Waals surface area (Å²) >= 11 is 0. The lowest BCUT2D eigenvalue weighted by Gasteiger charge is -2.13. The fourth-order valence-electron chi connectivity index (χ4n) is 9.16. The van der Waals surface area contributed by atoms with Crippen molar-refractivity contribution in [1.29, 1.82) is 0 Å².